The van der Waals surface area contributed by atoms with E-state index in [-0.39, 0.29) is 41.5 Å². The number of hydrogen-bond acceptors (Lipinski definition) is 6. The third-order valence-electron chi connectivity index (χ3n) is 5.06. The van der Waals surface area contributed by atoms with E-state index in [2.05, 4.69) is 31.0 Å². The number of halogens is 1. The molecule has 4 N–H and O–H groups in total. The summed E-state index contributed by atoms with van der Waals surface area (Å²) in [7, 11) is 0. The number of Topliss-reactive ketones (excluding diaryl/α,β-unsaturated/α-hetero) is 1. The zero-order valence-electron chi connectivity index (χ0n) is 19.6. The predicted octanol–water partition coefficient (Wildman–Crippen LogP) is 4.40. The quantitative estimate of drug-likeness (QED) is 0.500. The van der Waals surface area contributed by atoms with E-state index in [1.165, 1.54) is 4.68 Å². The van der Waals surface area contributed by atoms with Gasteiger partial charge in [0.2, 0.25) is 0 Å². The molecule has 0 aliphatic heterocycles. The van der Waals surface area contributed by atoms with Crippen LogP contribution >= 0.6 is 11.6 Å². The molecule has 0 saturated carbocycles. The van der Waals surface area contributed by atoms with Crippen molar-refractivity contribution in [2.45, 2.75) is 59.9 Å². The first-order valence-corrected chi connectivity index (χ1v) is 11.2. The molecule has 33 heavy (non-hydrogen) atoms. The van der Waals surface area contributed by atoms with Crippen LogP contribution in [0.4, 0.5) is 5.82 Å². The summed E-state index contributed by atoms with van der Waals surface area (Å²) in [4.78, 5) is 24.6. The van der Waals surface area contributed by atoms with Crippen molar-refractivity contribution in [1.82, 2.24) is 14.9 Å². The van der Waals surface area contributed by atoms with Gasteiger partial charge in [-0.1, -0.05) is 49.7 Å². The van der Waals surface area contributed by atoms with Crippen molar-refractivity contribution in [2.24, 2.45) is 11.1 Å². The minimum atomic E-state index is -0.678. The highest BCUT2D eigenvalue weighted by Crippen LogP contribution is 2.34. The van der Waals surface area contributed by atoms with Crippen molar-refractivity contribution in [3.63, 3.8) is 0 Å². The molecule has 3 aromatic rings. The van der Waals surface area contributed by atoms with Gasteiger partial charge < -0.3 is 16.0 Å². The second kappa shape index (κ2) is 9.39. The third kappa shape index (κ3) is 5.82. The molecule has 0 unspecified atom stereocenters. The molecule has 0 aliphatic rings. The normalized spacial score (nSPS) is 11.8. The summed E-state index contributed by atoms with van der Waals surface area (Å²) in [5.41, 5.74) is 14.3. The Bertz CT molecular complexity index is 1190. The summed E-state index contributed by atoms with van der Waals surface area (Å²) >= 11 is 6.51. The van der Waals surface area contributed by atoms with Crippen molar-refractivity contribution >= 4 is 29.1 Å². The highest BCUT2D eigenvalue weighted by molar-refractivity contribution is 6.33. The molecule has 0 saturated heterocycles. The van der Waals surface area contributed by atoms with E-state index in [9.17, 15) is 9.59 Å². The van der Waals surface area contributed by atoms with Crippen molar-refractivity contribution in [3.8, 4) is 11.3 Å². The zero-order chi connectivity index (χ0) is 24.5. The fourth-order valence-electron chi connectivity index (χ4n) is 3.68. The molecular formula is C24H30ClN5O3. The van der Waals surface area contributed by atoms with Crippen LogP contribution in [0.15, 0.2) is 28.8 Å². The number of amides is 1. The lowest BCUT2D eigenvalue weighted by Gasteiger charge is -2.14. The van der Waals surface area contributed by atoms with E-state index < -0.39 is 5.91 Å². The van der Waals surface area contributed by atoms with Gasteiger partial charge in [-0.05, 0) is 37.3 Å². The second-order valence-corrected chi connectivity index (χ2v) is 10.1. The predicted molar refractivity (Wildman–Crippen MR) is 128 cm³/mol. The molecule has 3 rings (SSSR count). The van der Waals surface area contributed by atoms with Gasteiger partial charge in [-0.25, -0.2) is 4.68 Å². The van der Waals surface area contributed by atoms with Crippen LogP contribution in [-0.4, -0.2) is 26.6 Å². The average Bonchev–Trinajstić information content (AvgIpc) is 3.24. The van der Waals surface area contributed by atoms with Gasteiger partial charge in [-0.2, -0.15) is 5.10 Å². The van der Waals surface area contributed by atoms with E-state index in [4.69, 9.17) is 27.6 Å². The van der Waals surface area contributed by atoms with Gasteiger partial charge in [0.05, 0.1) is 17.1 Å². The summed E-state index contributed by atoms with van der Waals surface area (Å²) in [6, 6.07) is 6.96. The summed E-state index contributed by atoms with van der Waals surface area (Å²) in [6.07, 6.45) is 1.10. The van der Waals surface area contributed by atoms with E-state index in [1.807, 2.05) is 19.9 Å². The van der Waals surface area contributed by atoms with Crippen LogP contribution in [0.25, 0.3) is 11.3 Å². The summed E-state index contributed by atoms with van der Waals surface area (Å²) in [5, 5.41) is 8.87. The first-order chi connectivity index (χ1) is 15.4. The molecule has 9 heteroatoms. The van der Waals surface area contributed by atoms with E-state index >= 15 is 0 Å². The van der Waals surface area contributed by atoms with E-state index in [0.29, 0.717) is 22.0 Å². The number of aromatic nitrogens is 3. The molecule has 2 aromatic heterocycles. The van der Waals surface area contributed by atoms with Crippen molar-refractivity contribution in [3.05, 3.63) is 51.9 Å². The van der Waals surface area contributed by atoms with E-state index in [1.54, 1.807) is 18.2 Å². The van der Waals surface area contributed by atoms with Crippen molar-refractivity contribution in [1.29, 1.82) is 0 Å². The van der Waals surface area contributed by atoms with Gasteiger partial charge in [0.1, 0.15) is 28.6 Å². The maximum absolute atomic E-state index is 12.6. The van der Waals surface area contributed by atoms with E-state index in [0.717, 1.165) is 17.7 Å². The molecule has 0 atom stereocenters. The van der Waals surface area contributed by atoms with Crippen molar-refractivity contribution in [2.75, 3.05) is 5.73 Å². The number of rotatable bonds is 8. The molecule has 2 heterocycles. The Balaban J connectivity index is 1.77. The lowest BCUT2D eigenvalue weighted by Crippen LogP contribution is -2.15. The Hall–Kier alpha value is -3.13. The smallest absolute Gasteiger partial charge is 0.254 e. The van der Waals surface area contributed by atoms with Crippen LogP contribution in [0.3, 0.4) is 0 Å². The Morgan fingerprint density at radius 2 is 1.88 bits per heavy atom. The Morgan fingerprint density at radius 3 is 2.45 bits per heavy atom. The standard InChI is InChI=1S/C24H30ClN5O3/c1-13(2)30-22(26)20(23(27)32)21(28-30)18-7-6-14(9-19(18)25)8-16(31)11-17-10-15(29-33-17)12-24(3,4)5/h6-7,9-10,13H,8,11-12,26H2,1-5H3,(H2,27,32). The van der Waals surface area contributed by atoms with Crippen LogP contribution in [-0.2, 0) is 24.1 Å². The fourth-order valence-corrected chi connectivity index (χ4v) is 3.98. The molecular weight excluding hydrogens is 442 g/mol. The first-order valence-electron chi connectivity index (χ1n) is 10.8. The number of hydrogen-bond donors (Lipinski definition) is 2. The van der Waals surface area contributed by atoms with Gasteiger partial charge in [-0.3, -0.25) is 9.59 Å². The van der Waals surface area contributed by atoms with Gasteiger partial charge >= 0.3 is 0 Å². The summed E-state index contributed by atoms with van der Waals surface area (Å²) in [6.45, 7) is 10.2. The average molecular weight is 472 g/mol. The molecule has 1 aromatic carbocycles. The number of carbonyl (C=O) groups excluding carboxylic acids is 2. The van der Waals surface area contributed by atoms with Gasteiger partial charge in [0, 0.05) is 24.1 Å². The maximum atomic E-state index is 12.6. The molecule has 0 aliphatic carbocycles. The highest BCUT2D eigenvalue weighted by atomic mass is 35.5. The number of nitrogens with two attached hydrogens (primary N) is 2. The monoisotopic (exact) mass is 471 g/mol. The summed E-state index contributed by atoms with van der Waals surface area (Å²) < 4.78 is 6.86. The molecule has 8 nitrogen and oxygen atoms in total. The minimum absolute atomic E-state index is 0.0246. The minimum Gasteiger partial charge on any atom is -0.383 e. The number of nitrogens with zero attached hydrogens (tertiary/aromatic N) is 3. The molecule has 0 fully saturated rings. The number of benzene rings is 1. The molecule has 176 valence electrons. The van der Waals surface area contributed by atoms with Crippen molar-refractivity contribution < 1.29 is 14.1 Å². The fraction of sp³-hybridized carbons (Fsp3) is 0.417. The largest absolute Gasteiger partial charge is 0.383 e. The zero-order valence-corrected chi connectivity index (χ0v) is 20.4. The Labute approximate surface area is 198 Å². The summed E-state index contributed by atoms with van der Waals surface area (Å²) in [5.74, 6) is 0.0366. The molecule has 1 amide bonds. The lowest BCUT2D eigenvalue weighted by molar-refractivity contribution is -0.118. The second-order valence-electron chi connectivity index (χ2n) is 9.74. The van der Waals surface area contributed by atoms with Gasteiger partial charge in [0.15, 0.2) is 0 Å². The third-order valence-corrected chi connectivity index (χ3v) is 5.38. The SMILES string of the molecule is CC(C)n1nc(-c2ccc(CC(=O)Cc3cc(CC(C)(C)C)no3)cc2Cl)c(C(N)=O)c1N. The van der Waals surface area contributed by atoms with Crippen LogP contribution in [0, 0.1) is 5.41 Å². The van der Waals surface area contributed by atoms with Gasteiger partial charge in [0.25, 0.3) is 5.91 Å². The van der Waals surface area contributed by atoms with Gasteiger partial charge in [-0.15, -0.1) is 0 Å². The number of ketones is 1. The molecule has 0 spiro atoms. The highest BCUT2D eigenvalue weighted by Gasteiger charge is 2.24. The Morgan fingerprint density at radius 1 is 1.18 bits per heavy atom. The number of anilines is 1. The van der Waals surface area contributed by atoms with Crippen LogP contribution < -0.4 is 11.5 Å². The van der Waals surface area contributed by atoms with Crippen LogP contribution in [0.2, 0.25) is 5.02 Å². The number of primary amides is 1. The molecule has 0 bridgehead atoms. The first kappa shape index (κ1) is 24.5. The number of nitrogen functional groups attached to an aromatic ring is 1. The topological polar surface area (TPSA) is 130 Å². The number of carbonyl (C=O) groups is 2. The van der Waals surface area contributed by atoms with Crippen LogP contribution in [0.5, 0.6) is 0 Å². The van der Waals surface area contributed by atoms with Crippen LogP contribution in [0.1, 0.15) is 68.0 Å². The maximum Gasteiger partial charge on any atom is 0.254 e. The Kier molecular flexibility index (Phi) is 6.97. The lowest BCUT2D eigenvalue weighted by atomic mass is 9.90. The molecule has 0 radical (unpaired) electrons.